The lowest BCUT2D eigenvalue weighted by molar-refractivity contribution is -0.180. The second-order valence-electron chi connectivity index (χ2n) is 13.2. The molecule has 0 spiro atoms. The fourth-order valence-corrected chi connectivity index (χ4v) is 10.0. The van der Waals surface area contributed by atoms with Gasteiger partial charge in [-0.15, -0.1) is 0 Å². The molecule has 224 valence electrons. The summed E-state index contributed by atoms with van der Waals surface area (Å²) in [4.78, 5) is 49.3. The Kier molecular flexibility index (Phi) is 6.89. The van der Waals surface area contributed by atoms with Gasteiger partial charge in [0.2, 0.25) is 5.76 Å². The molecular formula is C34H36N2O6S. The fraction of sp³-hybridized carbons (Fsp3) is 0.500. The maximum Gasteiger partial charge on any atom is 0.375 e. The Morgan fingerprint density at radius 1 is 1.09 bits per heavy atom. The number of thioether (sulfide) groups is 1. The van der Waals surface area contributed by atoms with Gasteiger partial charge in [0.25, 0.3) is 0 Å². The van der Waals surface area contributed by atoms with E-state index in [4.69, 9.17) is 9.15 Å². The van der Waals surface area contributed by atoms with Gasteiger partial charge in [-0.2, -0.15) is 0 Å². The molecule has 6 unspecified atom stereocenters. The van der Waals surface area contributed by atoms with Gasteiger partial charge in [0.1, 0.15) is 5.03 Å². The highest BCUT2D eigenvalue weighted by atomic mass is 32.2. The van der Waals surface area contributed by atoms with Crippen LogP contribution in [0.5, 0.6) is 0 Å². The van der Waals surface area contributed by atoms with Gasteiger partial charge in [-0.25, -0.2) is 9.78 Å². The standard InChI is InChI=1S/C34H36N2O6S/c1-32-13-11-21(37)16-20(32)9-10-22-23-12-14-34(33(23,2)17-26(38)30(22)32,42-31(40)27-8-5-15-41-27)28(39)19-43-29-18-35-24-6-3-4-7-25(24)36-29/h3-8,15-16,18,22-23,26,30,38H,9-14,17,19H2,1-2H3/t22?,23?,26?,30?,32?,33?,34-/m0/s1. The van der Waals surface area contributed by atoms with Crippen molar-refractivity contribution in [2.45, 2.75) is 75.5 Å². The highest BCUT2D eigenvalue weighted by Gasteiger charge is 2.70. The van der Waals surface area contributed by atoms with E-state index in [1.54, 1.807) is 18.3 Å². The first-order valence-electron chi connectivity index (χ1n) is 15.2. The lowest BCUT2D eigenvalue weighted by Crippen LogP contribution is -2.63. The lowest BCUT2D eigenvalue weighted by Gasteiger charge is -2.60. The monoisotopic (exact) mass is 600 g/mol. The predicted octanol–water partition coefficient (Wildman–Crippen LogP) is 5.98. The van der Waals surface area contributed by atoms with Crippen molar-refractivity contribution < 1.29 is 28.6 Å². The fourth-order valence-electron chi connectivity index (χ4n) is 9.23. The van der Waals surface area contributed by atoms with E-state index in [-0.39, 0.29) is 46.2 Å². The van der Waals surface area contributed by atoms with Crippen molar-refractivity contribution in [2.75, 3.05) is 5.75 Å². The van der Waals surface area contributed by atoms with Crippen LogP contribution in [0, 0.1) is 28.6 Å². The van der Waals surface area contributed by atoms with Crippen LogP contribution in [-0.4, -0.2) is 50.1 Å². The summed E-state index contributed by atoms with van der Waals surface area (Å²) in [5.74, 6) is -0.355. The normalized spacial score (nSPS) is 35.0. The van der Waals surface area contributed by atoms with Crippen LogP contribution in [0.1, 0.15) is 69.3 Å². The number of ether oxygens (including phenoxy) is 1. The number of aliphatic hydroxyl groups is 1. The number of ketones is 2. The minimum atomic E-state index is -1.43. The Hall–Kier alpha value is -3.30. The smallest absolute Gasteiger partial charge is 0.375 e. The molecule has 0 saturated heterocycles. The number of rotatable bonds is 6. The van der Waals surface area contributed by atoms with Gasteiger partial charge in [-0.1, -0.05) is 43.3 Å². The average Bonchev–Trinajstić information content (AvgIpc) is 3.63. The SMILES string of the molecule is CC12CCC(=O)C=C1CCC1C2C(O)CC2(C)C1CC[C@]2(OC(=O)c1ccco1)C(=O)CSc1cnc2ccccc2n1. The molecule has 7 atom stereocenters. The van der Waals surface area contributed by atoms with Crippen LogP contribution < -0.4 is 0 Å². The van der Waals surface area contributed by atoms with Gasteiger partial charge in [-0.05, 0) is 92.0 Å². The number of carbonyl (C=O) groups excluding carboxylic acids is 3. The number of furan rings is 1. The molecule has 0 amide bonds. The van der Waals surface area contributed by atoms with E-state index in [1.165, 1.54) is 18.0 Å². The first kappa shape index (κ1) is 28.5. The van der Waals surface area contributed by atoms with Crippen LogP contribution >= 0.6 is 11.8 Å². The van der Waals surface area contributed by atoms with Crippen LogP contribution in [0.2, 0.25) is 0 Å². The summed E-state index contributed by atoms with van der Waals surface area (Å²) in [6.45, 7) is 4.25. The van der Waals surface area contributed by atoms with E-state index in [0.29, 0.717) is 24.3 Å². The summed E-state index contributed by atoms with van der Waals surface area (Å²) in [7, 11) is 0. The number of benzene rings is 1. The van der Waals surface area contributed by atoms with Crippen molar-refractivity contribution in [1.82, 2.24) is 9.97 Å². The van der Waals surface area contributed by atoms with Crippen molar-refractivity contribution in [2.24, 2.45) is 28.6 Å². The van der Waals surface area contributed by atoms with Gasteiger partial charge in [0.15, 0.2) is 17.2 Å². The van der Waals surface area contributed by atoms with Crippen LogP contribution in [0.3, 0.4) is 0 Å². The molecule has 3 aromatic rings. The lowest BCUT2D eigenvalue weighted by atomic mass is 9.45. The van der Waals surface area contributed by atoms with E-state index in [9.17, 15) is 19.5 Å². The number of hydrogen-bond acceptors (Lipinski definition) is 9. The molecule has 3 fully saturated rings. The molecule has 9 heteroatoms. The molecule has 0 bridgehead atoms. The van der Waals surface area contributed by atoms with Crippen LogP contribution in [-0.2, 0) is 14.3 Å². The summed E-state index contributed by atoms with van der Waals surface area (Å²) >= 11 is 1.29. The van der Waals surface area contributed by atoms with Crippen LogP contribution in [0.4, 0.5) is 0 Å². The van der Waals surface area contributed by atoms with Crippen molar-refractivity contribution in [3.05, 3.63) is 66.3 Å². The van der Waals surface area contributed by atoms with Crippen molar-refractivity contribution in [1.29, 1.82) is 0 Å². The van der Waals surface area contributed by atoms with E-state index in [1.807, 2.05) is 37.3 Å². The quantitative estimate of drug-likeness (QED) is 0.269. The molecule has 43 heavy (non-hydrogen) atoms. The maximum atomic E-state index is 14.5. The number of hydrogen-bond donors (Lipinski definition) is 1. The Morgan fingerprint density at radius 2 is 1.91 bits per heavy atom. The topological polar surface area (TPSA) is 120 Å². The number of esters is 1. The number of fused-ring (bicyclic) bond motifs is 6. The first-order valence-corrected chi connectivity index (χ1v) is 16.2. The largest absolute Gasteiger partial charge is 0.457 e. The number of carbonyl (C=O) groups is 3. The Balaban J connectivity index is 1.22. The zero-order valence-corrected chi connectivity index (χ0v) is 25.3. The number of allylic oxidation sites excluding steroid dienone is 1. The Labute approximate surface area is 254 Å². The zero-order chi connectivity index (χ0) is 30.0. The van der Waals surface area contributed by atoms with E-state index in [0.717, 1.165) is 42.3 Å². The van der Waals surface area contributed by atoms with Gasteiger partial charge in [0, 0.05) is 11.8 Å². The predicted molar refractivity (Wildman–Crippen MR) is 160 cm³/mol. The molecule has 0 aliphatic heterocycles. The summed E-state index contributed by atoms with van der Waals surface area (Å²) in [5.41, 5.74) is 0.236. The minimum absolute atomic E-state index is 0.00685. The second-order valence-corrected chi connectivity index (χ2v) is 14.2. The van der Waals surface area contributed by atoms with E-state index in [2.05, 4.69) is 16.9 Å². The maximum absolute atomic E-state index is 14.5. The van der Waals surface area contributed by atoms with Crippen LogP contribution in [0.15, 0.2) is 70.0 Å². The third-order valence-electron chi connectivity index (χ3n) is 11.2. The van der Waals surface area contributed by atoms with Gasteiger partial charge in [-0.3, -0.25) is 14.6 Å². The van der Waals surface area contributed by atoms with Crippen molar-refractivity contribution in [3.63, 3.8) is 0 Å². The first-order chi connectivity index (χ1) is 20.6. The molecular weight excluding hydrogens is 564 g/mol. The van der Waals surface area contributed by atoms with E-state index < -0.39 is 23.1 Å². The van der Waals surface area contributed by atoms with Crippen molar-refractivity contribution >= 4 is 40.3 Å². The molecule has 1 N–H and O–H groups in total. The molecule has 8 nitrogen and oxygen atoms in total. The van der Waals surface area contributed by atoms with Crippen LogP contribution in [0.25, 0.3) is 11.0 Å². The number of aliphatic hydroxyl groups excluding tert-OH is 1. The molecule has 7 rings (SSSR count). The van der Waals surface area contributed by atoms with Gasteiger partial charge >= 0.3 is 5.97 Å². The summed E-state index contributed by atoms with van der Waals surface area (Å²) in [5, 5.41) is 12.5. The minimum Gasteiger partial charge on any atom is -0.457 e. The highest BCUT2D eigenvalue weighted by molar-refractivity contribution is 7.99. The third-order valence-corrected chi connectivity index (χ3v) is 12.1. The van der Waals surface area contributed by atoms with Crippen molar-refractivity contribution in [3.8, 4) is 0 Å². The summed E-state index contributed by atoms with van der Waals surface area (Å²) in [6, 6.07) is 10.7. The number of aromatic nitrogens is 2. The number of Topliss-reactive ketones (excluding diaryl/α,β-unsaturated/α-hetero) is 1. The molecule has 3 saturated carbocycles. The molecule has 4 aliphatic carbocycles. The van der Waals surface area contributed by atoms with Gasteiger partial charge in [0.05, 0.1) is 35.4 Å². The van der Waals surface area contributed by atoms with Gasteiger partial charge < -0.3 is 14.3 Å². The number of para-hydroxylation sites is 2. The molecule has 1 aromatic carbocycles. The zero-order valence-electron chi connectivity index (χ0n) is 24.5. The summed E-state index contributed by atoms with van der Waals surface area (Å²) in [6.07, 6.45) is 8.53. The third kappa shape index (κ3) is 4.41. The average molecular weight is 601 g/mol. The Morgan fingerprint density at radius 3 is 2.70 bits per heavy atom. The second kappa shape index (κ2) is 10.4. The van der Waals surface area contributed by atoms with E-state index >= 15 is 0 Å². The summed E-state index contributed by atoms with van der Waals surface area (Å²) < 4.78 is 11.7. The highest BCUT2D eigenvalue weighted by Crippen LogP contribution is 2.68. The molecule has 2 aromatic heterocycles. The molecule has 0 radical (unpaired) electrons. The number of nitrogens with zero attached hydrogens (tertiary/aromatic N) is 2. The molecule has 2 heterocycles. The molecule has 4 aliphatic rings. The Bertz CT molecular complexity index is 1640.